The Morgan fingerprint density at radius 3 is 2.95 bits per heavy atom. The number of carbonyl (C=O) groups excluding carboxylic acids is 1. The first-order chi connectivity index (χ1) is 9.56. The van der Waals surface area contributed by atoms with Gasteiger partial charge in [0.2, 0.25) is 0 Å². The lowest BCUT2D eigenvalue weighted by Gasteiger charge is -2.30. The quantitative estimate of drug-likeness (QED) is 0.837. The van der Waals surface area contributed by atoms with Crippen molar-refractivity contribution in [3.05, 3.63) is 35.0 Å². The maximum atomic E-state index is 12.5. The highest BCUT2D eigenvalue weighted by Gasteiger charge is 2.23. The number of aliphatic hydroxyl groups excluding tert-OH is 1. The number of nitrogens with one attached hydrogen (secondary N) is 1. The van der Waals surface area contributed by atoms with Crippen LogP contribution in [0, 0.1) is 13.8 Å². The van der Waals surface area contributed by atoms with E-state index in [9.17, 15) is 9.90 Å². The van der Waals surface area contributed by atoms with Crippen LogP contribution in [0.25, 0.3) is 10.9 Å². The van der Waals surface area contributed by atoms with E-state index >= 15 is 0 Å². The molecule has 0 saturated carbocycles. The van der Waals surface area contributed by atoms with Gasteiger partial charge in [0.05, 0.1) is 6.10 Å². The summed E-state index contributed by atoms with van der Waals surface area (Å²) >= 11 is 0. The Bertz CT molecular complexity index is 660. The average Bonchev–Trinajstić information content (AvgIpc) is 2.73. The van der Waals surface area contributed by atoms with Gasteiger partial charge in [0, 0.05) is 35.2 Å². The predicted molar refractivity (Wildman–Crippen MR) is 78.9 cm³/mol. The number of carbonyl (C=O) groups is 1. The molecule has 1 aromatic carbocycles. The molecule has 1 aliphatic heterocycles. The van der Waals surface area contributed by atoms with Crippen LogP contribution in [0.15, 0.2) is 18.2 Å². The van der Waals surface area contributed by atoms with E-state index in [1.807, 2.05) is 25.1 Å². The summed E-state index contributed by atoms with van der Waals surface area (Å²) in [7, 11) is 0. The maximum absolute atomic E-state index is 12.5. The Kier molecular flexibility index (Phi) is 3.26. The van der Waals surface area contributed by atoms with Crippen LogP contribution in [0.5, 0.6) is 0 Å². The monoisotopic (exact) mass is 272 g/mol. The summed E-state index contributed by atoms with van der Waals surface area (Å²) in [6.07, 6.45) is 1.28. The number of likely N-dealkylation sites (tertiary alicyclic amines) is 1. The van der Waals surface area contributed by atoms with E-state index in [2.05, 4.69) is 11.9 Å². The number of nitrogens with zero attached hydrogens (tertiary/aromatic N) is 1. The number of aromatic nitrogens is 1. The highest BCUT2D eigenvalue weighted by Crippen LogP contribution is 2.23. The van der Waals surface area contributed by atoms with E-state index in [1.165, 1.54) is 5.56 Å². The number of piperidine rings is 1. The average molecular weight is 272 g/mol. The zero-order valence-corrected chi connectivity index (χ0v) is 11.9. The van der Waals surface area contributed by atoms with Crippen LogP contribution in [-0.4, -0.2) is 40.1 Å². The van der Waals surface area contributed by atoms with Crippen molar-refractivity contribution in [2.75, 3.05) is 13.1 Å². The lowest BCUT2D eigenvalue weighted by molar-refractivity contribution is 0.0474. The highest BCUT2D eigenvalue weighted by molar-refractivity contribution is 5.99. The number of hydrogen-bond acceptors (Lipinski definition) is 2. The molecule has 1 unspecified atom stereocenters. The molecule has 1 atom stereocenters. The van der Waals surface area contributed by atoms with E-state index in [4.69, 9.17) is 0 Å². The molecule has 3 rings (SSSR count). The van der Waals surface area contributed by atoms with Gasteiger partial charge in [-0.2, -0.15) is 0 Å². The summed E-state index contributed by atoms with van der Waals surface area (Å²) in [5, 5.41) is 10.8. The number of aliphatic hydroxyl groups is 1. The summed E-state index contributed by atoms with van der Waals surface area (Å²) in [5.74, 6) is 0.0175. The van der Waals surface area contributed by atoms with Crippen LogP contribution in [0.1, 0.15) is 34.5 Å². The molecule has 4 heteroatoms. The molecule has 1 fully saturated rings. The van der Waals surface area contributed by atoms with Crippen LogP contribution < -0.4 is 0 Å². The molecule has 1 amide bonds. The van der Waals surface area contributed by atoms with Crippen molar-refractivity contribution >= 4 is 16.8 Å². The molecule has 4 nitrogen and oxygen atoms in total. The standard InChI is InChI=1S/C16H20N2O2/c1-10-11(2)17-15-6-5-12(8-14(10)15)16(20)18-7-3-4-13(19)9-18/h5-6,8,13,17,19H,3-4,7,9H2,1-2H3. The summed E-state index contributed by atoms with van der Waals surface area (Å²) < 4.78 is 0. The molecule has 1 saturated heterocycles. The predicted octanol–water partition coefficient (Wildman–Crippen LogP) is 2.38. The second-order valence-electron chi connectivity index (χ2n) is 5.68. The molecule has 0 bridgehead atoms. The van der Waals surface area contributed by atoms with Gasteiger partial charge in [-0.1, -0.05) is 0 Å². The molecule has 0 radical (unpaired) electrons. The van der Waals surface area contributed by atoms with Gasteiger partial charge in [-0.25, -0.2) is 0 Å². The first-order valence-electron chi connectivity index (χ1n) is 7.12. The molecule has 2 aromatic rings. The van der Waals surface area contributed by atoms with Gasteiger partial charge < -0.3 is 15.0 Å². The third-order valence-electron chi connectivity index (χ3n) is 4.24. The Hall–Kier alpha value is -1.81. The Balaban J connectivity index is 1.93. The lowest BCUT2D eigenvalue weighted by atomic mass is 10.0. The fraction of sp³-hybridized carbons (Fsp3) is 0.438. The van der Waals surface area contributed by atoms with Crippen LogP contribution in [0.3, 0.4) is 0 Å². The van der Waals surface area contributed by atoms with Gasteiger partial charge in [-0.15, -0.1) is 0 Å². The summed E-state index contributed by atoms with van der Waals surface area (Å²) in [4.78, 5) is 17.6. The number of hydrogen-bond donors (Lipinski definition) is 2. The van der Waals surface area contributed by atoms with E-state index in [-0.39, 0.29) is 12.0 Å². The third-order valence-corrected chi connectivity index (χ3v) is 4.24. The van der Waals surface area contributed by atoms with Gasteiger partial charge in [-0.05, 0) is 50.5 Å². The van der Waals surface area contributed by atoms with E-state index in [0.29, 0.717) is 12.1 Å². The molecule has 0 aliphatic carbocycles. The number of β-amino-alcohol motifs (C(OH)–C–C–N with tert-alkyl or cyclic N) is 1. The first-order valence-corrected chi connectivity index (χ1v) is 7.12. The lowest BCUT2D eigenvalue weighted by Crippen LogP contribution is -2.42. The number of H-pyrrole nitrogens is 1. The molecule has 0 spiro atoms. The molecule has 106 valence electrons. The minimum absolute atomic E-state index is 0.0175. The van der Waals surface area contributed by atoms with E-state index in [0.717, 1.165) is 36.0 Å². The van der Waals surface area contributed by atoms with Crippen LogP contribution in [0.2, 0.25) is 0 Å². The zero-order valence-electron chi connectivity index (χ0n) is 11.9. The Morgan fingerprint density at radius 1 is 1.40 bits per heavy atom. The fourth-order valence-corrected chi connectivity index (χ4v) is 2.92. The molecule has 2 heterocycles. The Morgan fingerprint density at radius 2 is 2.20 bits per heavy atom. The number of aromatic amines is 1. The van der Waals surface area contributed by atoms with E-state index < -0.39 is 0 Å². The van der Waals surface area contributed by atoms with E-state index in [1.54, 1.807) is 4.90 Å². The summed E-state index contributed by atoms with van der Waals surface area (Å²) in [5.41, 5.74) is 4.09. The van der Waals surface area contributed by atoms with Gasteiger partial charge in [0.15, 0.2) is 0 Å². The minimum Gasteiger partial charge on any atom is -0.391 e. The van der Waals surface area contributed by atoms with Crippen molar-refractivity contribution in [2.24, 2.45) is 0 Å². The summed E-state index contributed by atoms with van der Waals surface area (Å²) in [6, 6.07) is 5.78. The topological polar surface area (TPSA) is 56.3 Å². The van der Waals surface area contributed by atoms with Crippen molar-refractivity contribution < 1.29 is 9.90 Å². The number of benzene rings is 1. The zero-order chi connectivity index (χ0) is 14.3. The maximum Gasteiger partial charge on any atom is 0.253 e. The largest absolute Gasteiger partial charge is 0.391 e. The molecule has 1 aliphatic rings. The van der Waals surface area contributed by atoms with Crippen molar-refractivity contribution in [3.63, 3.8) is 0 Å². The molecule has 20 heavy (non-hydrogen) atoms. The summed E-state index contributed by atoms with van der Waals surface area (Å²) in [6.45, 7) is 5.28. The number of fused-ring (bicyclic) bond motifs is 1. The van der Waals surface area contributed by atoms with Crippen molar-refractivity contribution in [2.45, 2.75) is 32.8 Å². The second-order valence-corrected chi connectivity index (χ2v) is 5.68. The van der Waals surface area contributed by atoms with Crippen molar-refractivity contribution in [1.82, 2.24) is 9.88 Å². The van der Waals surface area contributed by atoms with Gasteiger partial charge in [0.25, 0.3) is 5.91 Å². The first kappa shape index (κ1) is 13.2. The minimum atomic E-state index is -0.382. The fourth-order valence-electron chi connectivity index (χ4n) is 2.92. The van der Waals surface area contributed by atoms with Crippen LogP contribution >= 0.6 is 0 Å². The smallest absolute Gasteiger partial charge is 0.253 e. The van der Waals surface area contributed by atoms with Crippen LogP contribution in [0.4, 0.5) is 0 Å². The van der Waals surface area contributed by atoms with Gasteiger partial charge in [0.1, 0.15) is 0 Å². The van der Waals surface area contributed by atoms with Crippen molar-refractivity contribution in [3.8, 4) is 0 Å². The number of aryl methyl sites for hydroxylation is 2. The SMILES string of the molecule is Cc1[nH]c2ccc(C(=O)N3CCCC(O)C3)cc2c1C. The van der Waals surface area contributed by atoms with Gasteiger partial charge >= 0.3 is 0 Å². The highest BCUT2D eigenvalue weighted by atomic mass is 16.3. The third kappa shape index (κ3) is 2.20. The van der Waals surface area contributed by atoms with Crippen molar-refractivity contribution in [1.29, 1.82) is 0 Å². The van der Waals surface area contributed by atoms with Crippen LogP contribution in [-0.2, 0) is 0 Å². The molecular weight excluding hydrogens is 252 g/mol. The number of rotatable bonds is 1. The normalized spacial score (nSPS) is 19.6. The molecule has 1 aromatic heterocycles. The molecule has 2 N–H and O–H groups in total. The number of amides is 1. The second kappa shape index (κ2) is 4.94. The Labute approximate surface area is 118 Å². The van der Waals surface area contributed by atoms with Gasteiger partial charge in [-0.3, -0.25) is 4.79 Å². The molecular formula is C16H20N2O2.